The number of halogens is 1. The Morgan fingerprint density at radius 3 is 2.87 bits per heavy atom. The van der Waals surface area contributed by atoms with Gasteiger partial charge in [0.25, 0.3) is 0 Å². The van der Waals surface area contributed by atoms with Crippen molar-refractivity contribution in [2.75, 3.05) is 6.61 Å². The zero-order valence-corrected chi connectivity index (χ0v) is 8.71. The minimum atomic E-state index is -0.756. The number of esters is 1. The van der Waals surface area contributed by atoms with Gasteiger partial charge in [-0.05, 0) is 19.1 Å². The third-order valence-electron chi connectivity index (χ3n) is 1.72. The fourth-order valence-electron chi connectivity index (χ4n) is 1.09. The van der Waals surface area contributed by atoms with Crippen molar-refractivity contribution >= 4 is 17.6 Å². The molecule has 1 aromatic carbocycles. The first-order chi connectivity index (χ1) is 7.11. The summed E-state index contributed by atoms with van der Waals surface area (Å²) in [6, 6.07) is 4.34. The van der Waals surface area contributed by atoms with Gasteiger partial charge in [0.2, 0.25) is 0 Å². The van der Waals surface area contributed by atoms with Gasteiger partial charge in [0, 0.05) is 0 Å². The summed E-state index contributed by atoms with van der Waals surface area (Å²) in [5.74, 6) is -1.07. The molecule has 0 atom stereocenters. The predicted octanol–water partition coefficient (Wildman–Crippen LogP) is 2.09. The predicted molar refractivity (Wildman–Crippen MR) is 53.8 cm³/mol. The highest BCUT2D eigenvalue weighted by molar-refractivity contribution is 6.32. The second kappa shape index (κ2) is 4.67. The lowest BCUT2D eigenvalue weighted by Crippen LogP contribution is -2.07. The van der Waals surface area contributed by atoms with E-state index in [2.05, 4.69) is 0 Å². The average molecular weight is 226 g/mol. The molecular formula is C10H8ClNO3. The van der Waals surface area contributed by atoms with Gasteiger partial charge < -0.3 is 9.84 Å². The first-order valence-electron chi connectivity index (χ1n) is 4.20. The normalized spacial score (nSPS) is 9.40. The minimum Gasteiger partial charge on any atom is -0.507 e. The number of phenols is 1. The van der Waals surface area contributed by atoms with E-state index >= 15 is 0 Å². The maximum Gasteiger partial charge on any atom is 0.343 e. The van der Waals surface area contributed by atoms with Crippen LogP contribution in [0.5, 0.6) is 5.75 Å². The van der Waals surface area contributed by atoms with Crippen molar-refractivity contribution in [2.45, 2.75) is 6.92 Å². The molecule has 78 valence electrons. The van der Waals surface area contributed by atoms with Crippen LogP contribution in [-0.2, 0) is 4.74 Å². The summed E-state index contributed by atoms with van der Waals surface area (Å²) in [5.41, 5.74) is -0.262. The Balaban J connectivity index is 3.33. The van der Waals surface area contributed by atoms with Crippen LogP contribution in [0.25, 0.3) is 0 Å². The Bertz CT molecular complexity index is 437. The van der Waals surface area contributed by atoms with Gasteiger partial charge in [0.15, 0.2) is 0 Å². The van der Waals surface area contributed by atoms with Crippen molar-refractivity contribution in [3.05, 3.63) is 28.3 Å². The Morgan fingerprint density at radius 1 is 1.67 bits per heavy atom. The summed E-state index contributed by atoms with van der Waals surface area (Å²) in [4.78, 5) is 11.4. The molecule has 0 aliphatic rings. The van der Waals surface area contributed by atoms with Crippen LogP contribution in [0, 0.1) is 11.3 Å². The molecule has 0 unspecified atom stereocenters. The molecular weight excluding hydrogens is 218 g/mol. The number of nitriles is 1. The molecule has 1 aromatic rings. The molecule has 5 heteroatoms. The Kier molecular flexibility index (Phi) is 3.53. The van der Waals surface area contributed by atoms with E-state index in [0.29, 0.717) is 0 Å². The van der Waals surface area contributed by atoms with Crippen LogP contribution in [0.1, 0.15) is 22.8 Å². The van der Waals surface area contributed by atoms with E-state index in [0.717, 1.165) is 0 Å². The molecule has 0 saturated heterocycles. The molecule has 0 fully saturated rings. The lowest BCUT2D eigenvalue weighted by molar-refractivity contribution is 0.0522. The minimum absolute atomic E-state index is 0.0740. The van der Waals surface area contributed by atoms with Gasteiger partial charge in [0.1, 0.15) is 17.4 Å². The summed E-state index contributed by atoms with van der Waals surface area (Å²) in [7, 11) is 0. The van der Waals surface area contributed by atoms with E-state index in [1.54, 1.807) is 13.0 Å². The number of ether oxygens (including phenoxy) is 1. The maximum absolute atomic E-state index is 11.4. The summed E-state index contributed by atoms with van der Waals surface area (Å²) in [5, 5.41) is 18.3. The van der Waals surface area contributed by atoms with Crippen molar-refractivity contribution in [1.82, 2.24) is 0 Å². The average Bonchev–Trinajstić information content (AvgIpc) is 2.21. The van der Waals surface area contributed by atoms with Crippen LogP contribution in [0.2, 0.25) is 5.02 Å². The third kappa shape index (κ3) is 2.20. The monoisotopic (exact) mass is 225 g/mol. The van der Waals surface area contributed by atoms with Crippen LogP contribution >= 0.6 is 11.6 Å². The van der Waals surface area contributed by atoms with Gasteiger partial charge >= 0.3 is 5.97 Å². The van der Waals surface area contributed by atoms with E-state index in [1.165, 1.54) is 12.1 Å². The number of benzene rings is 1. The van der Waals surface area contributed by atoms with Gasteiger partial charge in [0.05, 0.1) is 17.2 Å². The first-order valence-corrected chi connectivity index (χ1v) is 4.58. The zero-order valence-electron chi connectivity index (χ0n) is 7.95. The number of rotatable bonds is 2. The molecule has 0 radical (unpaired) electrons. The summed E-state index contributed by atoms with van der Waals surface area (Å²) < 4.78 is 4.70. The van der Waals surface area contributed by atoms with Crippen molar-refractivity contribution in [3.63, 3.8) is 0 Å². The zero-order chi connectivity index (χ0) is 11.4. The molecule has 0 spiro atoms. The summed E-state index contributed by atoms with van der Waals surface area (Å²) in [6.45, 7) is 1.79. The molecule has 4 nitrogen and oxygen atoms in total. The molecule has 0 amide bonds. The largest absolute Gasteiger partial charge is 0.507 e. The quantitative estimate of drug-likeness (QED) is 0.783. The van der Waals surface area contributed by atoms with E-state index in [1.807, 2.05) is 0 Å². The van der Waals surface area contributed by atoms with Gasteiger partial charge in [-0.2, -0.15) is 5.26 Å². The SMILES string of the molecule is CCOC(=O)c1c(O)ccc(Cl)c1C#N. The molecule has 0 aliphatic heterocycles. The number of phenolic OH excluding ortho intramolecular Hbond substituents is 1. The molecule has 15 heavy (non-hydrogen) atoms. The molecule has 0 saturated carbocycles. The molecule has 0 aromatic heterocycles. The number of carbonyl (C=O) groups is 1. The topological polar surface area (TPSA) is 70.3 Å². The van der Waals surface area contributed by atoms with E-state index in [9.17, 15) is 9.90 Å². The van der Waals surface area contributed by atoms with Gasteiger partial charge in [-0.1, -0.05) is 11.6 Å². The third-order valence-corrected chi connectivity index (χ3v) is 2.04. The van der Waals surface area contributed by atoms with Crippen molar-refractivity contribution < 1.29 is 14.6 Å². The van der Waals surface area contributed by atoms with Crippen LogP contribution in [0.4, 0.5) is 0 Å². The number of hydrogen-bond acceptors (Lipinski definition) is 4. The van der Waals surface area contributed by atoms with Crippen LogP contribution in [-0.4, -0.2) is 17.7 Å². The molecule has 1 N–H and O–H groups in total. The van der Waals surface area contributed by atoms with E-state index in [-0.39, 0.29) is 28.5 Å². The van der Waals surface area contributed by atoms with Crippen LogP contribution in [0.15, 0.2) is 12.1 Å². The molecule has 0 heterocycles. The highest BCUT2D eigenvalue weighted by atomic mass is 35.5. The number of hydrogen-bond donors (Lipinski definition) is 1. The highest BCUT2D eigenvalue weighted by Crippen LogP contribution is 2.27. The lowest BCUT2D eigenvalue weighted by atomic mass is 10.1. The standard InChI is InChI=1S/C10H8ClNO3/c1-2-15-10(14)9-6(5-12)7(11)3-4-8(9)13/h3-4,13H,2H2,1H3. The molecule has 0 bridgehead atoms. The van der Waals surface area contributed by atoms with Crippen LogP contribution in [0.3, 0.4) is 0 Å². The molecule has 0 aliphatic carbocycles. The number of carbonyl (C=O) groups excluding carboxylic acids is 1. The van der Waals surface area contributed by atoms with Crippen LogP contribution < -0.4 is 0 Å². The Labute approximate surface area is 91.7 Å². The highest BCUT2D eigenvalue weighted by Gasteiger charge is 2.19. The van der Waals surface area contributed by atoms with Crippen molar-refractivity contribution in [1.29, 1.82) is 5.26 Å². The molecule has 1 rings (SSSR count). The van der Waals surface area contributed by atoms with Gasteiger partial charge in [-0.15, -0.1) is 0 Å². The van der Waals surface area contributed by atoms with E-state index < -0.39 is 5.97 Å². The Hall–Kier alpha value is -1.73. The van der Waals surface area contributed by atoms with Gasteiger partial charge in [-0.25, -0.2) is 4.79 Å². The van der Waals surface area contributed by atoms with E-state index in [4.69, 9.17) is 21.6 Å². The fourth-order valence-corrected chi connectivity index (χ4v) is 1.29. The van der Waals surface area contributed by atoms with Crippen molar-refractivity contribution in [2.24, 2.45) is 0 Å². The van der Waals surface area contributed by atoms with Gasteiger partial charge in [-0.3, -0.25) is 0 Å². The Morgan fingerprint density at radius 2 is 2.33 bits per heavy atom. The van der Waals surface area contributed by atoms with Crippen molar-refractivity contribution in [3.8, 4) is 11.8 Å². The second-order valence-corrected chi connectivity index (χ2v) is 3.06. The summed E-state index contributed by atoms with van der Waals surface area (Å²) in [6.07, 6.45) is 0. The summed E-state index contributed by atoms with van der Waals surface area (Å²) >= 11 is 5.70. The lowest BCUT2D eigenvalue weighted by Gasteiger charge is -2.06. The fraction of sp³-hybridized carbons (Fsp3) is 0.200. The number of nitrogens with zero attached hydrogens (tertiary/aromatic N) is 1. The second-order valence-electron chi connectivity index (χ2n) is 2.65. The number of aromatic hydroxyl groups is 1. The first kappa shape index (κ1) is 11.3. The maximum atomic E-state index is 11.4. The smallest absolute Gasteiger partial charge is 0.343 e.